The molecule has 0 unspecified atom stereocenters. The highest BCUT2D eigenvalue weighted by Crippen LogP contribution is 2.38. The van der Waals surface area contributed by atoms with Crippen LogP contribution < -0.4 is 0 Å². The predicted octanol–water partition coefficient (Wildman–Crippen LogP) is 8.26. The van der Waals surface area contributed by atoms with E-state index < -0.39 is 0 Å². The van der Waals surface area contributed by atoms with Crippen molar-refractivity contribution >= 4 is 49.4 Å². The van der Waals surface area contributed by atoms with Crippen LogP contribution >= 0.6 is 0 Å². The van der Waals surface area contributed by atoms with E-state index in [4.69, 9.17) is 9.97 Å². The van der Waals surface area contributed by atoms with Crippen LogP contribution in [0.2, 0.25) is 0 Å². The molecule has 0 N–H and O–H groups in total. The minimum absolute atomic E-state index is 0.802. The number of pyridine rings is 2. The summed E-state index contributed by atoms with van der Waals surface area (Å²) in [4.78, 5) is 18.9. The van der Waals surface area contributed by atoms with E-state index in [0.717, 1.165) is 77.6 Å². The highest BCUT2D eigenvalue weighted by Gasteiger charge is 2.20. The molecule has 0 saturated carbocycles. The van der Waals surface area contributed by atoms with Gasteiger partial charge in [-0.15, -0.1) is 0 Å². The second-order valence-corrected chi connectivity index (χ2v) is 10.5. The first-order valence-electron chi connectivity index (χ1n) is 13.9. The lowest BCUT2D eigenvalue weighted by molar-refractivity contribution is 0.979. The molecule has 0 amide bonds. The number of aromatic nitrogens is 6. The van der Waals surface area contributed by atoms with Crippen molar-refractivity contribution in [3.63, 3.8) is 0 Å². The first-order chi connectivity index (χ1) is 20.8. The van der Waals surface area contributed by atoms with Gasteiger partial charge in [0.1, 0.15) is 5.65 Å². The Morgan fingerprint density at radius 3 is 1.64 bits per heavy atom. The molecule has 4 aromatic carbocycles. The molecule has 0 aliphatic carbocycles. The molecule has 5 aromatic heterocycles. The van der Waals surface area contributed by atoms with Crippen molar-refractivity contribution in [2.24, 2.45) is 0 Å². The second-order valence-electron chi connectivity index (χ2n) is 10.5. The van der Waals surface area contributed by atoms with Crippen molar-refractivity contribution in [2.45, 2.75) is 0 Å². The van der Waals surface area contributed by atoms with Crippen molar-refractivity contribution in [1.82, 2.24) is 28.9 Å². The van der Waals surface area contributed by atoms with Gasteiger partial charge in [0.15, 0.2) is 0 Å². The zero-order valence-electron chi connectivity index (χ0n) is 22.4. The second kappa shape index (κ2) is 8.81. The molecule has 6 nitrogen and oxygen atoms in total. The molecule has 9 aromatic rings. The van der Waals surface area contributed by atoms with Crippen LogP contribution in [-0.4, -0.2) is 28.9 Å². The van der Waals surface area contributed by atoms with Crippen LogP contribution in [0.25, 0.3) is 77.6 Å². The predicted molar refractivity (Wildman–Crippen MR) is 169 cm³/mol. The third-order valence-electron chi connectivity index (χ3n) is 8.12. The van der Waals surface area contributed by atoms with E-state index in [9.17, 15) is 0 Å². The molecular formula is C36H22N6. The summed E-state index contributed by atoms with van der Waals surface area (Å²) in [7, 11) is 0. The van der Waals surface area contributed by atoms with Gasteiger partial charge in [-0.1, -0.05) is 48.5 Å². The molecule has 0 fully saturated rings. The molecule has 6 heteroatoms. The largest absolute Gasteiger partial charge is 0.279 e. The molecule has 0 atom stereocenters. The fourth-order valence-electron chi connectivity index (χ4n) is 6.16. The molecule has 9 rings (SSSR count). The Balaban J connectivity index is 1.47. The van der Waals surface area contributed by atoms with Crippen molar-refractivity contribution in [3.05, 3.63) is 134 Å². The Bertz CT molecular complexity index is 2360. The number of imidazole rings is 1. The van der Waals surface area contributed by atoms with Gasteiger partial charge in [-0.2, -0.15) is 0 Å². The van der Waals surface area contributed by atoms with Gasteiger partial charge in [-0.25, -0.2) is 9.97 Å². The van der Waals surface area contributed by atoms with E-state index in [1.54, 1.807) is 0 Å². The molecule has 0 aliphatic rings. The summed E-state index contributed by atoms with van der Waals surface area (Å²) in [5.41, 5.74) is 10.4. The van der Waals surface area contributed by atoms with E-state index in [0.29, 0.717) is 0 Å². The maximum Gasteiger partial charge on any atom is 0.221 e. The van der Waals surface area contributed by atoms with Crippen LogP contribution in [-0.2, 0) is 0 Å². The molecule has 5 heterocycles. The summed E-state index contributed by atoms with van der Waals surface area (Å²) in [5.74, 6) is 0.802. The van der Waals surface area contributed by atoms with Crippen molar-refractivity contribution in [3.8, 4) is 28.2 Å². The molecular weight excluding hydrogens is 516 g/mol. The Morgan fingerprint density at radius 2 is 1.00 bits per heavy atom. The lowest BCUT2D eigenvalue weighted by Gasteiger charge is -2.13. The average Bonchev–Trinajstić information content (AvgIpc) is 3.61. The smallest absolute Gasteiger partial charge is 0.221 e. The zero-order valence-corrected chi connectivity index (χ0v) is 22.4. The summed E-state index contributed by atoms with van der Waals surface area (Å²) in [6, 6.07) is 38.1. The Kier molecular flexibility index (Phi) is 4.80. The van der Waals surface area contributed by atoms with Crippen LogP contribution in [0.3, 0.4) is 0 Å². The third kappa shape index (κ3) is 3.32. The summed E-state index contributed by atoms with van der Waals surface area (Å²) < 4.78 is 4.50. The van der Waals surface area contributed by atoms with E-state index in [-0.39, 0.29) is 0 Å². The van der Waals surface area contributed by atoms with Crippen molar-refractivity contribution in [2.75, 3.05) is 0 Å². The monoisotopic (exact) mass is 538 g/mol. The van der Waals surface area contributed by atoms with Gasteiger partial charge < -0.3 is 0 Å². The zero-order chi connectivity index (χ0) is 27.6. The lowest BCUT2D eigenvalue weighted by atomic mass is 10.0. The lowest BCUT2D eigenvalue weighted by Crippen LogP contribution is -2.06. The van der Waals surface area contributed by atoms with Crippen LogP contribution in [0.5, 0.6) is 0 Å². The van der Waals surface area contributed by atoms with Gasteiger partial charge in [0, 0.05) is 40.9 Å². The molecule has 196 valence electrons. The van der Waals surface area contributed by atoms with Gasteiger partial charge in [0.25, 0.3) is 0 Å². The highest BCUT2D eigenvalue weighted by molar-refractivity contribution is 6.11. The normalized spacial score (nSPS) is 11.8. The maximum absolute atomic E-state index is 5.34. The number of hydrogen-bond acceptors (Lipinski definition) is 4. The van der Waals surface area contributed by atoms with E-state index in [1.807, 2.05) is 67.3 Å². The third-order valence-corrected chi connectivity index (χ3v) is 8.12. The minimum atomic E-state index is 0.802. The van der Waals surface area contributed by atoms with Crippen LogP contribution in [0.4, 0.5) is 0 Å². The van der Waals surface area contributed by atoms with Crippen LogP contribution in [0.1, 0.15) is 0 Å². The molecule has 0 saturated heterocycles. The van der Waals surface area contributed by atoms with E-state index in [2.05, 4.69) is 85.7 Å². The number of para-hydroxylation sites is 3. The summed E-state index contributed by atoms with van der Waals surface area (Å²) in [5, 5.41) is 3.35. The minimum Gasteiger partial charge on any atom is -0.279 e. The Labute approximate surface area is 240 Å². The molecule has 0 spiro atoms. The summed E-state index contributed by atoms with van der Waals surface area (Å²) in [6.07, 6.45) is 7.34. The molecule has 0 aliphatic heterocycles. The number of fused-ring (bicyclic) bond motifs is 8. The van der Waals surface area contributed by atoms with Gasteiger partial charge in [0.05, 0.1) is 27.6 Å². The Hall–Kier alpha value is -5.88. The van der Waals surface area contributed by atoms with E-state index >= 15 is 0 Å². The summed E-state index contributed by atoms with van der Waals surface area (Å²) in [6.45, 7) is 0. The standard InChI is InChI=1S/C36H22N6/c1-2-6-30-29(5-1)35-39-31-7-3-4-8-32(31)42(35)36(40-30)41-33-21-25(23-13-17-37-18-14-23)9-11-27(33)28-12-10-26(22-34(28)41)24-15-19-38-20-16-24/h1-22H. The van der Waals surface area contributed by atoms with Crippen LogP contribution in [0, 0.1) is 0 Å². The van der Waals surface area contributed by atoms with Crippen molar-refractivity contribution < 1.29 is 0 Å². The fourth-order valence-corrected chi connectivity index (χ4v) is 6.16. The van der Waals surface area contributed by atoms with Gasteiger partial charge in [-0.05, 0) is 82.9 Å². The molecule has 0 radical (unpaired) electrons. The first-order valence-corrected chi connectivity index (χ1v) is 13.9. The van der Waals surface area contributed by atoms with Gasteiger partial charge in [0.2, 0.25) is 5.95 Å². The summed E-state index contributed by atoms with van der Waals surface area (Å²) >= 11 is 0. The number of hydrogen-bond donors (Lipinski definition) is 0. The highest BCUT2D eigenvalue weighted by atomic mass is 15.2. The topological polar surface area (TPSA) is 60.9 Å². The van der Waals surface area contributed by atoms with Gasteiger partial charge >= 0.3 is 0 Å². The van der Waals surface area contributed by atoms with E-state index in [1.165, 1.54) is 0 Å². The quantitative estimate of drug-likeness (QED) is 0.227. The fraction of sp³-hybridized carbons (Fsp3) is 0. The average molecular weight is 539 g/mol. The molecule has 42 heavy (non-hydrogen) atoms. The number of benzene rings is 4. The van der Waals surface area contributed by atoms with Gasteiger partial charge in [-0.3, -0.25) is 18.9 Å². The van der Waals surface area contributed by atoms with Crippen LogP contribution in [0.15, 0.2) is 134 Å². The Morgan fingerprint density at radius 1 is 0.429 bits per heavy atom. The SMILES string of the molecule is c1ccc2c(c1)nc(-n1c3cc(-c4ccncc4)ccc3c3ccc(-c4ccncc4)cc31)n1c3ccccc3nc21. The number of rotatable bonds is 3. The number of nitrogens with zero attached hydrogens (tertiary/aromatic N) is 6. The maximum atomic E-state index is 5.34. The molecule has 0 bridgehead atoms. The first kappa shape index (κ1) is 22.9. The van der Waals surface area contributed by atoms with Crippen molar-refractivity contribution in [1.29, 1.82) is 0 Å².